The molecule has 0 saturated carbocycles. The first-order chi connectivity index (χ1) is 8.29. The van der Waals surface area contributed by atoms with Crippen molar-refractivity contribution in [1.82, 2.24) is 15.0 Å². The van der Waals surface area contributed by atoms with Crippen LogP contribution in [0.5, 0.6) is 0 Å². The Kier molecular flexibility index (Phi) is 3.36. The maximum Gasteiger partial charge on any atom is 0.145 e. The average molecular weight is 227 g/mol. The summed E-state index contributed by atoms with van der Waals surface area (Å²) in [6.45, 7) is 0.847. The Labute approximate surface area is 99.7 Å². The minimum Gasteiger partial charge on any atom is -0.367 e. The number of nitrogens with zero attached hydrogens (tertiary/aromatic N) is 4. The van der Waals surface area contributed by atoms with Crippen LogP contribution < -0.4 is 4.90 Å². The van der Waals surface area contributed by atoms with E-state index in [1.807, 2.05) is 30.4 Å². The summed E-state index contributed by atoms with van der Waals surface area (Å²) in [5, 5.41) is 8.76. The number of aromatic amines is 1. The Morgan fingerprint density at radius 3 is 3.06 bits per heavy atom. The lowest BCUT2D eigenvalue weighted by Crippen LogP contribution is -2.21. The van der Waals surface area contributed by atoms with Gasteiger partial charge in [-0.3, -0.25) is 0 Å². The maximum atomic E-state index is 8.76. The van der Waals surface area contributed by atoms with Gasteiger partial charge in [-0.25, -0.2) is 9.97 Å². The molecule has 0 bridgehead atoms. The molecule has 0 amide bonds. The first-order valence-electron chi connectivity index (χ1n) is 5.34. The van der Waals surface area contributed by atoms with E-state index in [0.29, 0.717) is 5.69 Å². The molecule has 0 unspecified atom stereocenters. The van der Waals surface area contributed by atoms with E-state index in [2.05, 4.69) is 21.0 Å². The molecule has 2 aromatic heterocycles. The summed E-state index contributed by atoms with van der Waals surface area (Å²) in [5.41, 5.74) is 1.65. The smallest absolute Gasteiger partial charge is 0.145 e. The number of hydrogen-bond acceptors (Lipinski definition) is 4. The SMILES string of the molecule is CN(CCc1cc[nH]c1)c1cc(C#N)ncn1. The van der Waals surface area contributed by atoms with Crippen LogP contribution >= 0.6 is 0 Å². The lowest BCUT2D eigenvalue weighted by atomic mass is 10.2. The van der Waals surface area contributed by atoms with Crippen LogP contribution in [-0.2, 0) is 6.42 Å². The van der Waals surface area contributed by atoms with E-state index < -0.39 is 0 Å². The largest absolute Gasteiger partial charge is 0.367 e. The van der Waals surface area contributed by atoms with Gasteiger partial charge < -0.3 is 9.88 Å². The van der Waals surface area contributed by atoms with Crippen molar-refractivity contribution in [3.05, 3.63) is 42.1 Å². The third kappa shape index (κ3) is 2.82. The van der Waals surface area contributed by atoms with Crippen molar-refractivity contribution in [1.29, 1.82) is 5.26 Å². The molecule has 1 N–H and O–H groups in total. The molecule has 2 heterocycles. The molecule has 0 aliphatic heterocycles. The second-order valence-corrected chi connectivity index (χ2v) is 3.76. The Balaban J connectivity index is 1.99. The van der Waals surface area contributed by atoms with Crippen molar-refractivity contribution in [2.24, 2.45) is 0 Å². The number of nitrogens with one attached hydrogen (secondary N) is 1. The van der Waals surface area contributed by atoms with Gasteiger partial charge in [-0.2, -0.15) is 5.26 Å². The second kappa shape index (κ2) is 5.12. The first kappa shape index (κ1) is 11.1. The number of aromatic nitrogens is 3. The lowest BCUT2D eigenvalue weighted by Gasteiger charge is -2.17. The summed E-state index contributed by atoms with van der Waals surface area (Å²) < 4.78 is 0. The molecule has 0 radical (unpaired) electrons. The van der Waals surface area contributed by atoms with Gasteiger partial charge in [0, 0.05) is 32.1 Å². The Morgan fingerprint density at radius 2 is 2.35 bits per heavy atom. The normalized spacial score (nSPS) is 9.88. The first-order valence-corrected chi connectivity index (χ1v) is 5.34. The minimum atomic E-state index is 0.392. The molecule has 0 fully saturated rings. The average Bonchev–Trinajstić information content (AvgIpc) is 2.89. The van der Waals surface area contributed by atoms with Gasteiger partial charge in [0.05, 0.1) is 0 Å². The van der Waals surface area contributed by atoms with Gasteiger partial charge in [0.25, 0.3) is 0 Å². The van der Waals surface area contributed by atoms with Gasteiger partial charge in [-0.1, -0.05) is 0 Å². The maximum absolute atomic E-state index is 8.76. The van der Waals surface area contributed by atoms with E-state index in [9.17, 15) is 0 Å². The van der Waals surface area contributed by atoms with Gasteiger partial charge in [0.15, 0.2) is 0 Å². The van der Waals surface area contributed by atoms with Crippen molar-refractivity contribution >= 4 is 5.82 Å². The van der Waals surface area contributed by atoms with Gasteiger partial charge >= 0.3 is 0 Å². The fraction of sp³-hybridized carbons (Fsp3) is 0.250. The number of anilines is 1. The Morgan fingerprint density at radius 1 is 1.47 bits per heavy atom. The van der Waals surface area contributed by atoms with E-state index in [0.717, 1.165) is 18.8 Å². The third-order valence-corrected chi connectivity index (χ3v) is 2.56. The summed E-state index contributed by atoms with van der Waals surface area (Å²) in [7, 11) is 1.95. The topological polar surface area (TPSA) is 68.6 Å². The number of nitriles is 1. The van der Waals surface area contributed by atoms with Crippen LogP contribution in [0.1, 0.15) is 11.3 Å². The van der Waals surface area contributed by atoms with Crippen LogP contribution in [0.15, 0.2) is 30.9 Å². The molecule has 2 aromatic rings. The monoisotopic (exact) mass is 227 g/mol. The van der Waals surface area contributed by atoms with E-state index in [-0.39, 0.29) is 0 Å². The van der Waals surface area contributed by atoms with Crippen molar-refractivity contribution in [2.75, 3.05) is 18.5 Å². The molecule has 0 atom stereocenters. The number of likely N-dealkylation sites (N-methyl/N-ethyl adjacent to an activating group) is 1. The van der Waals surface area contributed by atoms with Crippen LogP contribution in [0.4, 0.5) is 5.82 Å². The summed E-state index contributed by atoms with van der Waals surface area (Å²) in [5.74, 6) is 0.770. The molecular weight excluding hydrogens is 214 g/mol. The predicted molar refractivity (Wildman–Crippen MR) is 64.5 cm³/mol. The van der Waals surface area contributed by atoms with E-state index in [1.165, 1.54) is 11.9 Å². The third-order valence-electron chi connectivity index (χ3n) is 2.56. The van der Waals surface area contributed by atoms with Gasteiger partial charge in [0.1, 0.15) is 23.9 Å². The molecule has 86 valence electrons. The second-order valence-electron chi connectivity index (χ2n) is 3.76. The minimum absolute atomic E-state index is 0.392. The van der Waals surface area contributed by atoms with Gasteiger partial charge in [0.2, 0.25) is 0 Å². The summed E-state index contributed by atoms with van der Waals surface area (Å²) in [4.78, 5) is 13.0. The van der Waals surface area contributed by atoms with Crippen LogP contribution in [0.3, 0.4) is 0 Å². The zero-order valence-corrected chi connectivity index (χ0v) is 9.59. The van der Waals surface area contributed by atoms with Crippen molar-refractivity contribution in [2.45, 2.75) is 6.42 Å². The molecule has 17 heavy (non-hydrogen) atoms. The lowest BCUT2D eigenvalue weighted by molar-refractivity contribution is 0.855. The summed E-state index contributed by atoms with van der Waals surface area (Å²) in [6.07, 6.45) is 6.24. The van der Waals surface area contributed by atoms with Crippen LogP contribution in [0.2, 0.25) is 0 Å². The standard InChI is InChI=1S/C12H13N5/c1-17(5-3-10-2-4-14-8-10)12-6-11(7-13)15-9-16-12/h2,4,6,8-9,14H,3,5H2,1H3. The van der Waals surface area contributed by atoms with E-state index in [4.69, 9.17) is 5.26 Å². The van der Waals surface area contributed by atoms with Crippen molar-refractivity contribution < 1.29 is 0 Å². The Hall–Kier alpha value is -2.35. The van der Waals surface area contributed by atoms with E-state index >= 15 is 0 Å². The molecule has 0 aromatic carbocycles. The number of H-pyrrole nitrogens is 1. The molecule has 5 heteroatoms. The molecule has 0 spiro atoms. The highest BCUT2D eigenvalue weighted by atomic mass is 15.2. The van der Waals surface area contributed by atoms with Crippen LogP contribution in [0, 0.1) is 11.3 Å². The number of rotatable bonds is 4. The highest BCUT2D eigenvalue weighted by Gasteiger charge is 2.04. The van der Waals surface area contributed by atoms with Gasteiger partial charge in [-0.15, -0.1) is 0 Å². The molecule has 0 aliphatic carbocycles. The van der Waals surface area contributed by atoms with E-state index in [1.54, 1.807) is 6.07 Å². The fourth-order valence-corrected chi connectivity index (χ4v) is 1.54. The highest BCUT2D eigenvalue weighted by molar-refractivity contribution is 5.41. The number of hydrogen-bond donors (Lipinski definition) is 1. The van der Waals surface area contributed by atoms with Crippen molar-refractivity contribution in [3.63, 3.8) is 0 Å². The molecule has 0 saturated heterocycles. The summed E-state index contributed by atoms with van der Waals surface area (Å²) >= 11 is 0. The van der Waals surface area contributed by atoms with Crippen LogP contribution in [0.25, 0.3) is 0 Å². The Bertz CT molecular complexity index is 512. The fourth-order valence-electron chi connectivity index (χ4n) is 1.54. The summed E-state index contributed by atoms with van der Waals surface area (Å²) in [6, 6.07) is 5.75. The van der Waals surface area contributed by atoms with Crippen molar-refractivity contribution in [3.8, 4) is 6.07 Å². The van der Waals surface area contributed by atoms with Gasteiger partial charge in [-0.05, 0) is 18.1 Å². The molecule has 5 nitrogen and oxygen atoms in total. The zero-order chi connectivity index (χ0) is 12.1. The molecule has 0 aliphatic rings. The molecule has 2 rings (SSSR count). The molecular formula is C12H13N5. The highest BCUT2D eigenvalue weighted by Crippen LogP contribution is 2.09. The quantitative estimate of drug-likeness (QED) is 0.856. The van der Waals surface area contributed by atoms with Crippen LogP contribution in [-0.4, -0.2) is 28.5 Å². The zero-order valence-electron chi connectivity index (χ0n) is 9.59. The predicted octanol–water partition coefficient (Wildman–Crippen LogP) is 1.36.